The molecule has 0 bridgehead atoms. The van der Waals surface area contributed by atoms with Gasteiger partial charge < -0.3 is 10.5 Å². The molecule has 1 aliphatic rings. The van der Waals surface area contributed by atoms with Gasteiger partial charge in [-0.2, -0.15) is 0 Å². The first-order valence-corrected chi connectivity index (χ1v) is 5.91. The number of rotatable bonds is 4. The molecule has 1 unspecified atom stereocenters. The summed E-state index contributed by atoms with van der Waals surface area (Å²) in [5.41, 5.74) is 7.03. The van der Waals surface area contributed by atoms with Crippen LogP contribution in [-0.2, 0) is 6.54 Å². The lowest BCUT2D eigenvalue weighted by Crippen LogP contribution is -2.34. The van der Waals surface area contributed by atoms with Gasteiger partial charge in [-0.3, -0.25) is 4.90 Å². The zero-order valence-corrected chi connectivity index (χ0v) is 11.1. The second-order valence-corrected chi connectivity index (χ2v) is 4.31. The Bertz CT molecular complexity index is 346. The Morgan fingerprint density at radius 1 is 1.41 bits per heavy atom. The number of hydrogen-bond acceptors (Lipinski definition) is 3. The normalized spacial score (nSPS) is 20.0. The molecule has 17 heavy (non-hydrogen) atoms. The molecule has 1 atom stereocenters. The highest BCUT2D eigenvalue weighted by Gasteiger charge is 2.23. The van der Waals surface area contributed by atoms with Crippen molar-refractivity contribution in [3.05, 3.63) is 29.8 Å². The summed E-state index contributed by atoms with van der Waals surface area (Å²) in [5, 5.41) is 0. The van der Waals surface area contributed by atoms with Gasteiger partial charge in [0.25, 0.3) is 0 Å². The maximum absolute atomic E-state index is 5.78. The van der Waals surface area contributed by atoms with Gasteiger partial charge in [-0.1, -0.05) is 18.2 Å². The highest BCUT2D eigenvalue weighted by atomic mass is 35.5. The van der Waals surface area contributed by atoms with E-state index in [1.807, 2.05) is 12.1 Å². The minimum absolute atomic E-state index is 0. The molecular formula is C13H21ClN2O. The zero-order chi connectivity index (χ0) is 11.4. The second kappa shape index (κ2) is 6.84. The van der Waals surface area contributed by atoms with Crippen LogP contribution in [0.3, 0.4) is 0 Å². The number of methoxy groups -OCH3 is 1. The predicted molar refractivity (Wildman–Crippen MR) is 72.7 cm³/mol. The maximum Gasteiger partial charge on any atom is 0.123 e. The first kappa shape index (κ1) is 14.3. The lowest BCUT2D eigenvalue weighted by molar-refractivity contribution is 0.246. The lowest BCUT2D eigenvalue weighted by atomic mass is 10.1. The number of halogens is 1. The van der Waals surface area contributed by atoms with Crippen LogP contribution in [0.1, 0.15) is 18.4 Å². The minimum Gasteiger partial charge on any atom is -0.496 e. The Kier molecular flexibility index (Phi) is 5.75. The molecule has 3 nitrogen and oxygen atoms in total. The van der Waals surface area contributed by atoms with E-state index in [0.717, 1.165) is 25.4 Å². The summed E-state index contributed by atoms with van der Waals surface area (Å²) >= 11 is 0. The first-order chi connectivity index (χ1) is 7.85. The second-order valence-electron chi connectivity index (χ2n) is 4.31. The van der Waals surface area contributed by atoms with Crippen LogP contribution in [0, 0.1) is 0 Å². The van der Waals surface area contributed by atoms with Crippen molar-refractivity contribution in [2.75, 3.05) is 20.2 Å². The number of para-hydroxylation sites is 1. The van der Waals surface area contributed by atoms with Gasteiger partial charge in [0.15, 0.2) is 0 Å². The Morgan fingerprint density at radius 3 is 2.88 bits per heavy atom. The molecule has 1 aromatic rings. The highest BCUT2D eigenvalue weighted by molar-refractivity contribution is 5.85. The van der Waals surface area contributed by atoms with Gasteiger partial charge in [0.05, 0.1) is 7.11 Å². The van der Waals surface area contributed by atoms with Crippen molar-refractivity contribution < 1.29 is 4.74 Å². The van der Waals surface area contributed by atoms with E-state index in [1.165, 1.54) is 18.4 Å². The van der Waals surface area contributed by atoms with Crippen molar-refractivity contribution in [1.29, 1.82) is 0 Å². The fourth-order valence-corrected chi connectivity index (χ4v) is 2.42. The predicted octanol–water partition coefficient (Wildman–Crippen LogP) is 2.04. The van der Waals surface area contributed by atoms with E-state index in [0.29, 0.717) is 6.04 Å². The van der Waals surface area contributed by atoms with E-state index in [4.69, 9.17) is 10.5 Å². The molecule has 2 rings (SSSR count). The molecule has 1 saturated heterocycles. The summed E-state index contributed by atoms with van der Waals surface area (Å²) in [5.74, 6) is 0.977. The molecule has 0 amide bonds. The maximum atomic E-state index is 5.78. The van der Waals surface area contributed by atoms with E-state index < -0.39 is 0 Å². The number of nitrogens with two attached hydrogens (primary N) is 1. The van der Waals surface area contributed by atoms with Crippen LogP contribution in [0.15, 0.2) is 24.3 Å². The average molecular weight is 257 g/mol. The molecule has 0 spiro atoms. The van der Waals surface area contributed by atoms with Gasteiger partial charge >= 0.3 is 0 Å². The highest BCUT2D eigenvalue weighted by Crippen LogP contribution is 2.24. The third-order valence-electron chi connectivity index (χ3n) is 3.34. The number of ether oxygens (including phenoxy) is 1. The van der Waals surface area contributed by atoms with Crippen molar-refractivity contribution in [2.24, 2.45) is 5.73 Å². The van der Waals surface area contributed by atoms with Crippen molar-refractivity contribution in [2.45, 2.75) is 25.4 Å². The van der Waals surface area contributed by atoms with Gasteiger partial charge in [0.1, 0.15) is 5.75 Å². The summed E-state index contributed by atoms with van der Waals surface area (Å²) in [6.45, 7) is 2.86. The SMILES string of the molecule is COc1ccccc1CN1CCCC1CN.Cl. The number of hydrogen-bond donors (Lipinski definition) is 1. The largest absolute Gasteiger partial charge is 0.496 e. The summed E-state index contributed by atoms with van der Waals surface area (Å²) in [6.07, 6.45) is 2.49. The van der Waals surface area contributed by atoms with Crippen LogP contribution in [-0.4, -0.2) is 31.1 Å². The molecule has 4 heteroatoms. The minimum atomic E-state index is 0. The van der Waals surface area contributed by atoms with Crippen LogP contribution >= 0.6 is 12.4 Å². The van der Waals surface area contributed by atoms with E-state index >= 15 is 0 Å². The standard InChI is InChI=1S/C13H20N2O.ClH/c1-16-13-7-3-2-5-11(13)10-15-8-4-6-12(15)9-14;/h2-3,5,7,12H,4,6,8-10,14H2,1H3;1H. The molecule has 1 heterocycles. The molecule has 2 N–H and O–H groups in total. The van der Waals surface area contributed by atoms with Crippen molar-refractivity contribution in [1.82, 2.24) is 4.90 Å². The van der Waals surface area contributed by atoms with Crippen molar-refractivity contribution in [3.8, 4) is 5.75 Å². The lowest BCUT2D eigenvalue weighted by Gasteiger charge is -2.23. The van der Waals surface area contributed by atoms with E-state index in [-0.39, 0.29) is 12.4 Å². The molecule has 0 aromatic heterocycles. The molecule has 0 radical (unpaired) electrons. The van der Waals surface area contributed by atoms with Crippen molar-refractivity contribution >= 4 is 12.4 Å². The third-order valence-corrected chi connectivity index (χ3v) is 3.34. The van der Waals surface area contributed by atoms with Crippen molar-refractivity contribution in [3.63, 3.8) is 0 Å². The quantitative estimate of drug-likeness (QED) is 0.896. The van der Waals surface area contributed by atoms with E-state index in [2.05, 4.69) is 17.0 Å². The molecule has 96 valence electrons. The topological polar surface area (TPSA) is 38.5 Å². The van der Waals surface area contributed by atoms with Gasteiger partial charge in [-0.05, 0) is 25.5 Å². The Morgan fingerprint density at radius 2 is 2.18 bits per heavy atom. The Labute approximate surface area is 109 Å². The summed E-state index contributed by atoms with van der Waals surface area (Å²) < 4.78 is 5.37. The Balaban J connectivity index is 0.00000144. The molecular weight excluding hydrogens is 236 g/mol. The Hall–Kier alpha value is -0.770. The van der Waals surface area contributed by atoms with Gasteiger partial charge in [-0.15, -0.1) is 12.4 Å². The van der Waals surface area contributed by atoms with Crippen LogP contribution < -0.4 is 10.5 Å². The van der Waals surface area contributed by atoms with E-state index in [9.17, 15) is 0 Å². The fraction of sp³-hybridized carbons (Fsp3) is 0.538. The number of benzene rings is 1. The number of nitrogens with zero attached hydrogens (tertiary/aromatic N) is 1. The average Bonchev–Trinajstić information content (AvgIpc) is 2.77. The molecule has 0 aliphatic carbocycles. The van der Waals surface area contributed by atoms with Crippen LogP contribution in [0.25, 0.3) is 0 Å². The number of likely N-dealkylation sites (tertiary alicyclic amines) is 1. The zero-order valence-electron chi connectivity index (χ0n) is 10.3. The van der Waals surface area contributed by atoms with Gasteiger partial charge in [0.2, 0.25) is 0 Å². The summed E-state index contributed by atoms with van der Waals surface area (Å²) in [7, 11) is 1.73. The van der Waals surface area contributed by atoms with Gasteiger partial charge in [0, 0.05) is 24.7 Å². The summed E-state index contributed by atoms with van der Waals surface area (Å²) in [4.78, 5) is 2.46. The van der Waals surface area contributed by atoms with Crippen LogP contribution in [0.5, 0.6) is 5.75 Å². The van der Waals surface area contributed by atoms with Crippen LogP contribution in [0.2, 0.25) is 0 Å². The molecule has 0 saturated carbocycles. The van der Waals surface area contributed by atoms with Crippen LogP contribution in [0.4, 0.5) is 0 Å². The molecule has 1 aliphatic heterocycles. The van der Waals surface area contributed by atoms with Gasteiger partial charge in [-0.25, -0.2) is 0 Å². The molecule has 1 fully saturated rings. The molecule has 1 aromatic carbocycles. The fourth-order valence-electron chi connectivity index (χ4n) is 2.42. The first-order valence-electron chi connectivity index (χ1n) is 5.91. The summed E-state index contributed by atoms with van der Waals surface area (Å²) in [6, 6.07) is 8.76. The third kappa shape index (κ3) is 3.35. The smallest absolute Gasteiger partial charge is 0.123 e. The van der Waals surface area contributed by atoms with E-state index in [1.54, 1.807) is 7.11 Å². The monoisotopic (exact) mass is 256 g/mol.